The van der Waals surface area contributed by atoms with Gasteiger partial charge in [0.2, 0.25) is 11.8 Å². The summed E-state index contributed by atoms with van der Waals surface area (Å²) in [5, 5.41) is 9.53. The molecule has 0 spiro atoms. The average molecular weight is 239 g/mol. The number of aliphatic hydroxyl groups excluding tert-OH is 1. The van der Waals surface area contributed by atoms with Gasteiger partial charge in [-0.15, -0.1) is 0 Å². The average Bonchev–Trinajstić information content (AvgIpc) is 2.79. The number of hydrogen-bond donors (Lipinski definition) is 1. The Kier molecular flexibility index (Phi) is 3.02. The van der Waals surface area contributed by atoms with E-state index in [-0.39, 0.29) is 23.8 Å². The number of hydrogen-bond acceptors (Lipinski definition) is 3. The van der Waals surface area contributed by atoms with Gasteiger partial charge in [0.05, 0.1) is 12.0 Å². The van der Waals surface area contributed by atoms with Crippen LogP contribution in [0.5, 0.6) is 0 Å². The van der Waals surface area contributed by atoms with Crippen LogP contribution in [0.3, 0.4) is 0 Å². The highest BCUT2D eigenvalue weighted by Crippen LogP contribution is 2.41. The lowest BCUT2D eigenvalue weighted by atomic mass is 9.86. The maximum Gasteiger partial charge on any atom is 0.235 e. The Balaban J connectivity index is 2.13. The van der Waals surface area contributed by atoms with Crippen LogP contribution in [0.25, 0.3) is 0 Å². The third-order valence-electron chi connectivity index (χ3n) is 4.21. The molecule has 2 fully saturated rings. The number of nitrogens with zero attached hydrogens (tertiary/aromatic N) is 1. The zero-order valence-electron chi connectivity index (χ0n) is 10.7. The molecule has 0 aromatic rings. The van der Waals surface area contributed by atoms with Crippen molar-refractivity contribution in [3.63, 3.8) is 0 Å². The van der Waals surface area contributed by atoms with Crippen molar-refractivity contribution in [1.29, 1.82) is 0 Å². The fraction of sp³-hybridized carbons (Fsp3) is 0.846. The minimum Gasteiger partial charge on any atom is -0.396 e. The lowest BCUT2D eigenvalue weighted by molar-refractivity contribution is -0.143. The summed E-state index contributed by atoms with van der Waals surface area (Å²) in [6.07, 6.45) is 4.30. The number of rotatable bonds is 3. The van der Waals surface area contributed by atoms with Crippen LogP contribution < -0.4 is 0 Å². The largest absolute Gasteiger partial charge is 0.396 e. The highest BCUT2D eigenvalue weighted by molar-refractivity contribution is 6.05. The first kappa shape index (κ1) is 12.6. The van der Waals surface area contributed by atoms with Crippen molar-refractivity contribution in [3.05, 3.63) is 0 Å². The zero-order valence-corrected chi connectivity index (χ0v) is 10.7. The van der Waals surface area contributed by atoms with Crippen LogP contribution in [0.1, 0.15) is 46.0 Å². The molecular formula is C13H21NO3. The van der Waals surface area contributed by atoms with Crippen molar-refractivity contribution in [2.75, 3.05) is 13.2 Å². The second-order valence-electron chi connectivity index (χ2n) is 6.21. The summed E-state index contributed by atoms with van der Waals surface area (Å²) in [5.74, 6) is -0.165. The van der Waals surface area contributed by atoms with Crippen LogP contribution in [0.2, 0.25) is 0 Å². The van der Waals surface area contributed by atoms with E-state index in [4.69, 9.17) is 0 Å². The Morgan fingerprint density at radius 2 is 1.82 bits per heavy atom. The summed E-state index contributed by atoms with van der Waals surface area (Å²) in [5.41, 5.74) is -0.794. The van der Waals surface area contributed by atoms with Gasteiger partial charge >= 0.3 is 0 Å². The third kappa shape index (κ3) is 2.10. The monoisotopic (exact) mass is 239 g/mol. The van der Waals surface area contributed by atoms with Gasteiger partial charge in [0.15, 0.2) is 0 Å². The van der Waals surface area contributed by atoms with E-state index in [1.54, 1.807) is 0 Å². The molecule has 2 amide bonds. The van der Waals surface area contributed by atoms with Crippen LogP contribution in [0.15, 0.2) is 0 Å². The van der Waals surface area contributed by atoms with Crippen LogP contribution >= 0.6 is 0 Å². The summed E-state index contributed by atoms with van der Waals surface area (Å²) in [6.45, 7) is 4.11. The van der Waals surface area contributed by atoms with E-state index in [0.717, 1.165) is 25.7 Å². The van der Waals surface area contributed by atoms with E-state index < -0.39 is 5.41 Å². The molecule has 1 aliphatic heterocycles. The maximum atomic E-state index is 12.1. The lowest BCUT2D eigenvalue weighted by Crippen LogP contribution is -2.43. The molecule has 0 aromatic carbocycles. The predicted molar refractivity (Wildman–Crippen MR) is 63.1 cm³/mol. The Morgan fingerprint density at radius 3 is 2.24 bits per heavy atom. The SMILES string of the molecule is CC1(C)CC(=O)N(CC2(CO)CCCC2)C1=O. The molecule has 4 heteroatoms. The first-order valence-corrected chi connectivity index (χ1v) is 6.36. The van der Waals surface area contributed by atoms with E-state index >= 15 is 0 Å². The van der Waals surface area contributed by atoms with Crippen molar-refractivity contribution in [2.45, 2.75) is 46.0 Å². The van der Waals surface area contributed by atoms with Gasteiger partial charge in [-0.2, -0.15) is 0 Å². The number of amides is 2. The summed E-state index contributed by atoms with van der Waals surface area (Å²) in [4.78, 5) is 25.4. The summed E-state index contributed by atoms with van der Waals surface area (Å²) in [7, 11) is 0. The van der Waals surface area contributed by atoms with Crippen molar-refractivity contribution in [3.8, 4) is 0 Å². The van der Waals surface area contributed by atoms with Crippen LogP contribution in [0, 0.1) is 10.8 Å². The summed E-state index contributed by atoms with van der Waals surface area (Å²) >= 11 is 0. The van der Waals surface area contributed by atoms with Crippen LogP contribution in [0.4, 0.5) is 0 Å². The molecule has 0 bridgehead atoms. The molecule has 1 saturated carbocycles. The molecule has 1 heterocycles. The topological polar surface area (TPSA) is 57.6 Å². The molecule has 96 valence electrons. The van der Waals surface area contributed by atoms with Crippen molar-refractivity contribution >= 4 is 11.8 Å². The Morgan fingerprint density at radius 1 is 1.24 bits per heavy atom. The Hall–Kier alpha value is -0.900. The van der Waals surface area contributed by atoms with Gasteiger partial charge in [-0.3, -0.25) is 14.5 Å². The number of aliphatic hydroxyl groups is 1. The molecule has 4 nitrogen and oxygen atoms in total. The van der Waals surface area contributed by atoms with E-state index in [0.29, 0.717) is 13.0 Å². The minimum atomic E-state index is -0.563. The van der Waals surface area contributed by atoms with E-state index in [1.165, 1.54) is 4.90 Å². The molecule has 0 unspecified atom stereocenters. The molecule has 2 rings (SSSR count). The van der Waals surface area contributed by atoms with Gasteiger partial charge in [-0.1, -0.05) is 26.7 Å². The normalized spacial score (nSPS) is 26.9. The van der Waals surface area contributed by atoms with Crippen molar-refractivity contribution in [1.82, 2.24) is 4.90 Å². The maximum absolute atomic E-state index is 12.1. The Labute approximate surface area is 102 Å². The molecule has 0 radical (unpaired) electrons. The molecule has 1 aliphatic carbocycles. The van der Waals surface area contributed by atoms with Crippen LogP contribution in [-0.2, 0) is 9.59 Å². The van der Waals surface area contributed by atoms with Crippen molar-refractivity contribution in [2.24, 2.45) is 10.8 Å². The molecular weight excluding hydrogens is 218 g/mol. The van der Waals surface area contributed by atoms with Gasteiger partial charge in [-0.05, 0) is 12.8 Å². The molecule has 0 aromatic heterocycles. The van der Waals surface area contributed by atoms with Gasteiger partial charge in [0, 0.05) is 18.4 Å². The molecule has 0 atom stereocenters. The molecule has 2 aliphatic rings. The highest BCUT2D eigenvalue weighted by Gasteiger charge is 2.48. The molecule has 1 N–H and O–H groups in total. The first-order chi connectivity index (χ1) is 7.90. The van der Waals surface area contributed by atoms with Gasteiger partial charge in [0.25, 0.3) is 0 Å². The van der Waals surface area contributed by atoms with E-state index in [1.807, 2.05) is 13.8 Å². The third-order valence-corrected chi connectivity index (χ3v) is 4.21. The second kappa shape index (κ2) is 4.09. The fourth-order valence-corrected chi connectivity index (χ4v) is 3.01. The number of carbonyl (C=O) groups is 2. The lowest BCUT2D eigenvalue weighted by Gasteiger charge is -2.31. The second-order valence-corrected chi connectivity index (χ2v) is 6.21. The van der Waals surface area contributed by atoms with Gasteiger partial charge in [0.1, 0.15) is 0 Å². The van der Waals surface area contributed by atoms with Crippen LogP contribution in [-0.4, -0.2) is 35.0 Å². The summed E-state index contributed by atoms with van der Waals surface area (Å²) < 4.78 is 0. The van der Waals surface area contributed by atoms with Gasteiger partial charge < -0.3 is 5.11 Å². The molecule has 17 heavy (non-hydrogen) atoms. The zero-order chi connectivity index (χ0) is 12.7. The Bertz CT molecular complexity index is 343. The van der Waals surface area contributed by atoms with Gasteiger partial charge in [-0.25, -0.2) is 0 Å². The highest BCUT2D eigenvalue weighted by atomic mass is 16.3. The first-order valence-electron chi connectivity index (χ1n) is 6.36. The fourth-order valence-electron chi connectivity index (χ4n) is 3.01. The van der Waals surface area contributed by atoms with Crippen molar-refractivity contribution < 1.29 is 14.7 Å². The standard InChI is InChI=1S/C13H21NO3/c1-12(2)7-10(16)14(11(12)17)8-13(9-15)5-3-4-6-13/h15H,3-9H2,1-2H3. The smallest absolute Gasteiger partial charge is 0.235 e. The number of imide groups is 1. The van der Waals surface area contributed by atoms with E-state index in [2.05, 4.69) is 0 Å². The quantitative estimate of drug-likeness (QED) is 0.756. The number of carbonyl (C=O) groups excluding carboxylic acids is 2. The predicted octanol–water partition coefficient (Wildman–Crippen LogP) is 1.32. The summed E-state index contributed by atoms with van der Waals surface area (Å²) in [6, 6.07) is 0. The molecule has 1 saturated heterocycles. The minimum absolute atomic E-state index is 0.0739. The number of likely N-dealkylation sites (tertiary alicyclic amines) is 1. The van der Waals surface area contributed by atoms with E-state index in [9.17, 15) is 14.7 Å².